The van der Waals surface area contributed by atoms with Gasteiger partial charge in [0.25, 0.3) is 0 Å². The monoisotopic (exact) mass is 306 g/mol. The second-order valence-corrected chi connectivity index (χ2v) is 8.62. The quantitative estimate of drug-likeness (QED) is 0.499. The summed E-state index contributed by atoms with van der Waals surface area (Å²) in [6, 6.07) is 0. The van der Waals surface area contributed by atoms with Crippen molar-refractivity contribution >= 4 is 0 Å². The van der Waals surface area contributed by atoms with E-state index < -0.39 is 0 Å². The number of rotatable bonds is 3. The molecule has 3 rings (SSSR count). The molecule has 3 fully saturated rings. The van der Waals surface area contributed by atoms with Gasteiger partial charge in [0.1, 0.15) is 0 Å². The highest BCUT2D eigenvalue weighted by atomic mass is 14.3. The molecule has 0 aromatic heterocycles. The minimum atomic E-state index is 1.04. The third-order valence-electron chi connectivity index (χ3n) is 6.85. The highest BCUT2D eigenvalue weighted by Crippen LogP contribution is 2.41. The van der Waals surface area contributed by atoms with Gasteiger partial charge in [-0.05, 0) is 30.1 Å². The third kappa shape index (κ3) is 6.25. The van der Waals surface area contributed by atoms with Crippen LogP contribution in [0.5, 0.6) is 0 Å². The maximum absolute atomic E-state index is 2.50. The van der Waals surface area contributed by atoms with Crippen molar-refractivity contribution in [2.75, 3.05) is 0 Å². The molecule has 2 unspecified atom stereocenters. The van der Waals surface area contributed by atoms with Gasteiger partial charge >= 0.3 is 0 Å². The Labute approximate surface area is 140 Å². The molecule has 0 heterocycles. The summed E-state index contributed by atoms with van der Waals surface area (Å²) in [6.45, 7) is 4.80. The van der Waals surface area contributed by atoms with E-state index in [9.17, 15) is 0 Å². The van der Waals surface area contributed by atoms with E-state index >= 15 is 0 Å². The topological polar surface area (TPSA) is 0 Å². The molecule has 0 spiro atoms. The lowest BCUT2D eigenvalue weighted by Gasteiger charge is -2.37. The summed E-state index contributed by atoms with van der Waals surface area (Å²) < 4.78 is 0. The van der Waals surface area contributed by atoms with E-state index in [0.717, 1.165) is 23.7 Å². The molecule has 0 bridgehead atoms. The molecule has 0 nitrogen and oxygen atoms in total. The van der Waals surface area contributed by atoms with E-state index in [1.807, 2.05) is 0 Å². The van der Waals surface area contributed by atoms with Gasteiger partial charge in [-0.1, -0.05) is 110 Å². The molecule has 0 aromatic carbocycles. The summed E-state index contributed by atoms with van der Waals surface area (Å²) in [5.74, 6) is 4.36. The first-order valence-electron chi connectivity index (χ1n) is 10.8. The summed E-state index contributed by atoms with van der Waals surface area (Å²) in [7, 11) is 0. The van der Waals surface area contributed by atoms with E-state index in [-0.39, 0.29) is 0 Å². The molecule has 3 aliphatic carbocycles. The second kappa shape index (κ2) is 10.7. The lowest BCUT2D eigenvalue weighted by Crippen LogP contribution is -2.26. The third-order valence-corrected chi connectivity index (χ3v) is 6.85. The molecule has 0 aliphatic heterocycles. The van der Waals surface area contributed by atoms with E-state index in [2.05, 4.69) is 13.8 Å². The van der Waals surface area contributed by atoms with Crippen molar-refractivity contribution in [1.29, 1.82) is 0 Å². The maximum Gasteiger partial charge on any atom is -0.0360 e. The van der Waals surface area contributed by atoms with Gasteiger partial charge in [0.05, 0.1) is 0 Å². The van der Waals surface area contributed by atoms with Crippen LogP contribution in [0.2, 0.25) is 0 Å². The Morgan fingerprint density at radius 1 is 0.636 bits per heavy atom. The summed E-state index contributed by atoms with van der Waals surface area (Å²) in [5.41, 5.74) is 0. The van der Waals surface area contributed by atoms with Crippen LogP contribution in [0.1, 0.15) is 117 Å². The van der Waals surface area contributed by atoms with Gasteiger partial charge in [-0.2, -0.15) is 0 Å². The van der Waals surface area contributed by atoms with Crippen LogP contribution in [0.25, 0.3) is 0 Å². The SMILES string of the molecule is CC1CCCCC1C1CCCCC1.CCCC1CCCCC1. The number of hydrogen-bond donors (Lipinski definition) is 0. The van der Waals surface area contributed by atoms with Crippen LogP contribution < -0.4 is 0 Å². The minimum Gasteiger partial charge on any atom is -0.0654 e. The summed E-state index contributed by atoms with van der Waals surface area (Å²) in [5, 5.41) is 0. The van der Waals surface area contributed by atoms with Gasteiger partial charge in [-0.25, -0.2) is 0 Å². The average molecular weight is 307 g/mol. The van der Waals surface area contributed by atoms with Crippen molar-refractivity contribution in [3.8, 4) is 0 Å². The molecule has 3 saturated carbocycles. The van der Waals surface area contributed by atoms with Crippen molar-refractivity contribution in [2.45, 2.75) is 117 Å². The number of hydrogen-bond acceptors (Lipinski definition) is 0. The van der Waals surface area contributed by atoms with Crippen LogP contribution >= 0.6 is 0 Å². The molecule has 3 aliphatic rings. The van der Waals surface area contributed by atoms with Crippen LogP contribution in [0.4, 0.5) is 0 Å². The zero-order chi connectivity index (χ0) is 15.6. The lowest BCUT2D eigenvalue weighted by molar-refractivity contribution is 0.140. The van der Waals surface area contributed by atoms with E-state index in [4.69, 9.17) is 0 Å². The summed E-state index contributed by atoms with van der Waals surface area (Å²) in [4.78, 5) is 0. The molecule has 22 heavy (non-hydrogen) atoms. The molecule has 0 aromatic rings. The first kappa shape index (κ1) is 18.3. The van der Waals surface area contributed by atoms with Crippen LogP contribution in [-0.4, -0.2) is 0 Å². The van der Waals surface area contributed by atoms with Crippen LogP contribution in [0.3, 0.4) is 0 Å². The van der Waals surface area contributed by atoms with Crippen LogP contribution in [-0.2, 0) is 0 Å². The van der Waals surface area contributed by atoms with Gasteiger partial charge < -0.3 is 0 Å². The molecule has 0 saturated heterocycles. The highest BCUT2D eigenvalue weighted by Gasteiger charge is 2.29. The smallest absolute Gasteiger partial charge is 0.0360 e. The molecular weight excluding hydrogens is 264 g/mol. The van der Waals surface area contributed by atoms with Crippen molar-refractivity contribution in [3.05, 3.63) is 0 Å². The van der Waals surface area contributed by atoms with Gasteiger partial charge in [0.15, 0.2) is 0 Å². The van der Waals surface area contributed by atoms with Crippen molar-refractivity contribution in [1.82, 2.24) is 0 Å². The standard InChI is InChI=1S/C13H24.C9H18/c1-11-7-5-6-10-13(11)12-8-3-2-4-9-12;1-2-6-9-7-4-3-5-8-9/h11-13H,2-10H2,1H3;9H,2-8H2,1H3. The molecule has 2 atom stereocenters. The van der Waals surface area contributed by atoms with E-state index in [0.29, 0.717) is 0 Å². The Balaban J connectivity index is 0.000000172. The molecule has 0 amide bonds. The van der Waals surface area contributed by atoms with Crippen molar-refractivity contribution in [3.63, 3.8) is 0 Å². The summed E-state index contributed by atoms with van der Waals surface area (Å²) >= 11 is 0. The van der Waals surface area contributed by atoms with Crippen LogP contribution in [0.15, 0.2) is 0 Å². The summed E-state index contributed by atoms with van der Waals surface area (Å²) in [6.07, 6.45) is 24.2. The Bertz CT molecular complexity index is 254. The van der Waals surface area contributed by atoms with Crippen LogP contribution in [0, 0.1) is 23.7 Å². The van der Waals surface area contributed by atoms with Crippen molar-refractivity contribution in [2.24, 2.45) is 23.7 Å². The first-order valence-corrected chi connectivity index (χ1v) is 10.8. The van der Waals surface area contributed by atoms with Gasteiger partial charge in [-0.3, -0.25) is 0 Å². The van der Waals surface area contributed by atoms with E-state index in [1.54, 1.807) is 19.3 Å². The normalized spacial score (nSPS) is 31.4. The molecule has 0 N–H and O–H groups in total. The fourth-order valence-corrected chi connectivity index (χ4v) is 5.49. The fraction of sp³-hybridized carbons (Fsp3) is 1.00. The van der Waals surface area contributed by atoms with Gasteiger partial charge in [0, 0.05) is 0 Å². The first-order chi connectivity index (χ1) is 10.8. The molecule has 0 heteroatoms. The minimum absolute atomic E-state index is 1.04. The van der Waals surface area contributed by atoms with Crippen molar-refractivity contribution < 1.29 is 0 Å². The molecule has 0 radical (unpaired) electrons. The second-order valence-electron chi connectivity index (χ2n) is 8.62. The molecular formula is C22H42. The predicted molar refractivity (Wildman–Crippen MR) is 99.2 cm³/mol. The Morgan fingerprint density at radius 2 is 1.18 bits per heavy atom. The zero-order valence-electron chi connectivity index (χ0n) is 15.6. The lowest BCUT2D eigenvalue weighted by atomic mass is 9.69. The fourth-order valence-electron chi connectivity index (χ4n) is 5.49. The Morgan fingerprint density at radius 3 is 1.77 bits per heavy atom. The predicted octanol–water partition coefficient (Wildman–Crippen LogP) is 7.76. The Hall–Kier alpha value is 0. The molecule has 130 valence electrons. The zero-order valence-corrected chi connectivity index (χ0v) is 15.6. The van der Waals surface area contributed by atoms with Gasteiger partial charge in [-0.15, -0.1) is 0 Å². The van der Waals surface area contributed by atoms with Gasteiger partial charge in [0.2, 0.25) is 0 Å². The Kier molecular flexibility index (Phi) is 8.93. The highest BCUT2D eigenvalue weighted by molar-refractivity contribution is 4.80. The van der Waals surface area contributed by atoms with E-state index in [1.165, 1.54) is 83.5 Å². The average Bonchev–Trinajstić information content (AvgIpc) is 2.58. The maximum atomic E-state index is 2.50. The largest absolute Gasteiger partial charge is 0.0654 e.